The van der Waals surface area contributed by atoms with E-state index in [2.05, 4.69) is 23.0 Å². The van der Waals surface area contributed by atoms with Crippen molar-refractivity contribution in [1.82, 2.24) is 9.97 Å². The average Bonchev–Trinajstić information content (AvgIpc) is 2.29. The number of fused-ring (bicyclic) bond motifs is 3. The summed E-state index contributed by atoms with van der Waals surface area (Å²) in [5.74, 6) is 0. The molecule has 18 heavy (non-hydrogen) atoms. The van der Waals surface area contributed by atoms with Crippen LogP contribution in [0, 0.1) is 13.0 Å². The smallest absolute Gasteiger partial charge is 0 e. The van der Waals surface area contributed by atoms with Crippen LogP contribution in [0.3, 0.4) is 0 Å². The zero-order chi connectivity index (χ0) is 10.3. The molecule has 4 radical (unpaired) electrons. The summed E-state index contributed by atoms with van der Waals surface area (Å²) in [7, 11) is 0. The van der Waals surface area contributed by atoms with Crippen LogP contribution in [0.4, 0.5) is 0 Å². The summed E-state index contributed by atoms with van der Waals surface area (Å²) in [4.78, 5) is 8.68. The molecule has 0 unspecified atom stereocenters. The van der Waals surface area contributed by atoms with E-state index in [0.717, 1.165) is 27.4 Å². The standard InChI is InChI=1S/C13H8N2.B.W.Y/c1-9-6-8-15-13-11(9)5-4-10-3-2-7-14-12(10)13;;;/h2,4-8H,1H2;;;/q-2;;;. The molecule has 0 saturated heterocycles. The van der Waals surface area contributed by atoms with Crippen LogP contribution < -0.4 is 0 Å². The molecule has 2 aromatic heterocycles. The van der Waals surface area contributed by atoms with E-state index >= 15 is 0 Å². The molecule has 0 spiro atoms. The van der Waals surface area contributed by atoms with Crippen molar-refractivity contribution in [2.45, 2.75) is 0 Å². The summed E-state index contributed by atoms with van der Waals surface area (Å²) in [6.45, 7) is 3.98. The van der Waals surface area contributed by atoms with E-state index in [1.807, 2.05) is 24.3 Å². The second-order valence-electron chi connectivity index (χ2n) is 3.42. The summed E-state index contributed by atoms with van der Waals surface area (Å²) in [6.07, 6.45) is 3.50. The van der Waals surface area contributed by atoms with Gasteiger partial charge >= 0.3 is 0 Å². The Morgan fingerprint density at radius 1 is 1.00 bits per heavy atom. The molecule has 0 aliphatic rings. The molecular weight excluding hydrogens is 468 g/mol. The summed E-state index contributed by atoms with van der Waals surface area (Å²) in [5.41, 5.74) is 2.77. The van der Waals surface area contributed by atoms with Crippen LogP contribution in [0.1, 0.15) is 5.56 Å². The van der Waals surface area contributed by atoms with E-state index in [4.69, 9.17) is 0 Å². The topological polar surface area (TPSA) is 25.8 Å². The van der Waals surface area contributed by atoms with Crippen LogP contribution in [0.2, 0.25) is 0 Å². The third kappa shape index (κ3) is 3.02. The maximum absolute atomic E-state index is 4.35. The van der Waals surface area contributed by atoms with Gasteiger partial charge in [0.25, 0.3) is 0 Å². The fraction of sp³-hybridized carbons (Fsp3) is 0. The second-order valence-corrected chi connectivity index (χ2v) is 3.42. The normalized spacial score (nSPS) is 9.11. The molecular formula is C13H8BN2WY-2. The minimum absolute atomic E-state index is 0. The third-order valence-electron chi connectivity index (χ3n) is 2.49. The third-order valence-corrected chi connectivity index (χ3v) is 2.49. The Morgan fingerprint density at radius 2 is 1.72 bits per heavy atom. The molecule has 0 N–H and O–H groups in total. The number of pyridine rings is 2. The molecule has 0 aliphatic heterocycles. The minimum Gasteiger partial charge on any atom is -0.351 e. The Hall–Kier alpha value is -0.233. The van der Waals surface area contributed by atoms with E-state index in [0.29, 0.717) is 0 Å². The van der Waals surface area contributed by atoms with Crippen molar-refractivity contribution in [2.75, 3.05) is 0 Å². The van der Waals surface area contributed by atoms with Crippen molar-refractivity contribution in [3.63, 3.8) is 0 Å². The molecule has 3 rings (SSSR count). The Bertz CT molecular complexity index is 661. The van der Waals surface area contributed by atoms with E-state index in [1.165, 1.54) is 0 Å². The van der Waals surface area contributed by atoms with Crippen molar-refractivity contribution < 1.29 is 53.8 Å². The van der Waals surface area contributed by atoms with E-state index in [9.17, 15) is 0 Å². The molecule has 3 aromatic rings. The van der Waals surface area contributed by atoms with Crippen LogP contribution in [-0.4, -0.2) is 18.4 Å². The molecule has 2 heterocycles. The SMILES string of the molecule is [B].[CH2-]c1ccnc2c1ccc1[c-]ccnc12.[W].[Y]. The number of rotatable bonds is 0. The van der Waals surface area contributed by atoms with Gasteiger partial charge in [-0.3, -0.25) is 4.98 Å². The van der Waals surface area contributed by atoms with Gasteiger partial charge in [-0.2, -0.15) is 18.6 Å². The van der Waals surface area contributed by atoms with Gasteiger partial charge in [0.2, 0.25) is 0 Å². The first-order valence-electron chi connectivity index (χ1n) is 4.72. The van der Waals surface area contributed by atoms with E-state index in [1.54, 1.807) is 12.4 Å². The minimum atomic E-state index is 0. The molecule has 5 heteroatoms. The van der Waals surface area contributed by atoms with Gasteiger partial charge in [-0.15, -0.1) is 35.0 Å². The van der Waals surface area contributed by atoms with Crippen molar-refractivity contribution in [2.24, 2.45) is 0 Å². The predicted octanol–water partition coefficient (Wildman–Crippen LogP) is 2.38. The van der Waals surface area contributed by atoms with Gasteiger partial charge in [-0.1, -0.05) is 6.20 Å². The number of hydrogen-bond acceptors (Lipinski definition) is 2. The van der Waals surface area contributed by atoms with Crippen LogP contribution >= 0.6 is 0 Å². The molecule has 0 aliphatic carbocycles. The Morgan fingerprint density at radius 3 is 2.50 bits per heavy atom. The maximum Gasteiger partial charge on any atom is 0 e. The largest absolute Gasteiger partial charge is 0.351 e. The molecule has 0 fully saturated rings. The molecule has 0 amide bonds. The summed E-state index contributed by atoms with van der Waals surface area (Å²) >= 11 is 0. The van der Waals surface area contributed by atoms with E-state index < -0.39 is 0 Å². The Kier molecular flexibility index (Phi) is 7.28. The Balaban J connectivity index is 0.000000963. The van der Waals surface area contributed by atoms with Crippen LogP contribution in [0.5, 0.6) is 0 Å². The molecule has 0 bridgehead atoms. The predicted molar refractivity (Wildman–Crippen MR) is 66.1 cm³/mol. The van der Waals surface area contributed by atoms with Crippen LogP contribution in [-0.2, 0) is 53.8 Å². The number of nitrogens with zero attached hydrogens (tertiary/aromatic N) is 2. The summed E-state index contributed by atoms with van der Waals surface area (Å²) in [6, 6.07) is 10.9. The van der Waals surface area contributed by atoms with Gasteiger partial charge in [-0.25, -0.2) is 0 Å². The van der Waals surface area contributed by atoms with Crippen LogP contribution in [0.15, 0.2) is 36.7 Å². The summed E-state index contributed by atoms with van der Waals surface area (Å²) in [5, 5.41) is 2.04. The monoisotopic (exact) mass is 476 g/mol. The van der Waals surface area contributed by atoms with Gasteiger partial charge in [-0.05, 0) is 17.2 Å². The molecule has 0 saturated carbocycles. The van der Waals surface area contributed by atoms with Gasteiger partial charge < -0.3 is 4.98 Å². The molecule has 84 valence electrons. The number of aromatic nitrogens is 2. The van der Waals surface area contributed by atoms with Crippen molar-refractivity contribution >= 4 is 30.2 Å². The molecule has 1 aromatic carbocycles. The van der Waals surface area contributed by atoms with E-state index in [-0.39, 0.29) is 62.2 Å². The second kappa shape index (κ2) is 7.38. The van der Waals surface area contributed by atoms with Gasteiger partial charge in [0.1, 0.15) is 0 Å². The molecule has 2 nitrogen and oxygen atoms in total. The summed E-state index contributed by atoms with van der Waals surface area (Å²) < 4.78 is 0. The zero-order valence-corrected chi connectivity index (χ0v) is 15.4. The van der Waals surface area contributed by atoms with Crippen molar-refractivity contribution in [1.29, 1.82) is 0 Å². The zero-order valence-electron chi connectivity index (χ0n) is 9.63. The first-order chi connectivity index (χ1) is 7.36. The Labute approximate surface area is 148 Å². The number of hydrogen-bond donors (Lipinski definition) is 0. The van der Waals surface area contributed by atoms with Gasteiger partial charge in [0.15, 0.2) is 0 Å². The van der Waals surface area contributed by atoms with Crippen molar-refractivity contribution in [3.05, 3.63) is 55.2 Å². The first kappa shape index (κ1) is 17.8. The van der Waals surface area contributed by atoms with Gasteiger partial charge in [0, 0.05) is 62.2 Å². The first-order valence-corrected chi connectivity index (χ1v) is 4.72. The number of benzene rings is 1. The fourth-order valence-electron chi connectivity index (χ4n) is 1.75. The molecule has 0 atom stereocenters. The van der Waals surface area contributed by atoms with Crippen LogP contribution in [0.25, 0.3) is 21.8 Å². The van der Waals surface area contributed by atoms with Gasteiger partial charge in [0.05, 0.1) is 0 Å². The fourth-order valence-corrected chi connectivity index (χ4v) is 1.75. The average molecular weight is 476 g/mol. The quantitative estimate of drug-likeness (QED) is 0.283. The van der Waals surface area contributed by atoms with Crippen molar-refractivity contribution in [3.8, 4) is 0 Å². The maximum atomic E-state index is 4.35.